The number of aromatic nitrogens is 2. The normalized spacial score (nSPS) is 18.5. The molecule has 4 rings (SSSR count). The Morgan fingerprint density at radius 1 is 1.42 bits per heavy atom. The van der Waals surface area contributed by atoms with E-state index in [1.165, 1.54) is 34.3 Å². The van der Waals surface area contributed by atoms with E-state index in [9.17, 15) is 23.2 Å². The molecule has 0 saturated carbocycles. The number of thioether (sulfide) groups is 2. The highest BCUT2D eigenvalue weighted by Crippen LogP contribution is 2.37. The summed E-state index contributed by atoms with van der Waals surface area (Å²) >= 11 is 2.48. The zero-order chi connectivity index (χ0) is 22.2. The van der Waals surface area contributed by atoms with Gasteiger partial charge in [0, 0.05) is 19.3 Å². The second kappa shape index (κ2) is 8.57. The van der Waals surface area contributed by atoms with Crippen molar-refractivity contribution in [1.29, 1.82) is 5.26 Å². The van der Waals surface area contributed by atoms with Crippen LogP contribution in [0.5, 0.6) is 0 Å². The van der Waals surface area contributed by atoms with E-state index < -0.39 is 11.7 Å². The van der Waals surface area contributed by atoms with Crippen LogP contribution in [0.3, 0.4) is 0 Å². The van der Waals surface area contributed by atoms with Crippen molar-refractivity contribution in [2.24, 2.45) is 5.10 Å². The molecule has 0 spiro atoms. The van der Waals surface area contributed by atoms with E-state index in [4.69, 9.17) is 0 Å². The number of nitrogens with one attached hydrogen (secondary N) is 1. The molecule has 0 radical (unpaired) electrons. The van der Waals surface area contributed by atoms with Crippen LogP contribution in [0, 0.1) is 11.3 Å². The molecule has 162 valence electrons. The molecular formula is C19H17F3N6OS2. The molecule has 1 aromatic carbocycles. The van der Waals surface area contributed by atoms with Crippen LogP contribution >= 0.6 is 23.5 Å². The molecule has 3 heterocycles. The maximum absolute atomic E-state index is 13.0. The molecule has 12 heteroatoms. The minimum atomic E-state index is -4.50. The molecule has 2 aliphatic rings. The Balaban J connectivity index is 1.54. The first-order valence-electron chi connectivity index (χ1n) is 9.33. The van der Waals surface area contributed by atoms with Crippen LogP contribution in [-0.4, -0.2) is 34.3 Å². The number of halogens is 3. The Hall–Kier alpha value is -2.49. The molecule has 31 heavy (non-hydrogen) atoms. The van der Waals surface area contributed by atoms with Crippen molar-refractivity contribution in [2.75, 3.05) is 25.1 Å². The van der Waals surface area contributed by atoms with E-state index in [1.807, 2.05) is 6.07 Å². The van der Waals surface area contributed by atoms with Crippen molar-refractivity contribution in [3.05, 3.63) is 51.4 Å². The third-order valence-corrected chi connectivity index (χ3v) is 7.23. The van der Waals surface area contributed by atoms with Crippen LogP contribution in [0.25, 0.3) is 0 Å². The zero-order valence-electron chi connectivity index (χ0n) is 16.3. The number of fused-ring (bicyclic) bond motifs is 1. The molecule has 2 aliphatic heterocycles. The molecule has 1 fully saturated rings. The molecule has 0 aliphatic carbocycles. The molecule has 1 unspecified atom stereocenters. The van der Waals surface area contributed by atoms with Gasteiger partial charge in [-0.25, -0.2) is 4.68 Å². The molecule has 7 nitrogen and oxygen atoms in total. The number of hydrogen-bond acceptors (Lipinski definition) is 8. The lowest BCUT2D eigenvalue weighted by atomic mass is 10.1. The van der Waals surface area contributed by atoms with Gasteiger partial charge in [-0.15, -0.1) is 0 Å². The highest BCUT2D eigenvalue weighted by molar-refractivity contribution is 8.38. The van der Waals surface area contributed by atoms with Gasteiger partial charge >= 0.3 is 6.18 Å². The second-order valence-electron chi connectivity index (χ2n) is 7.02. The van der Waals surface area contributed by atoms with Gasteiger partial charge in [-0.3, -0.25) is 9.80 Å². The van der Waals surface area contributed by atoms with Crippen molar-refractivity contribution in [2.45, 2.75) is 29.3 Å². The van der Waals surface area contributed by atoms with Crippen molar-refractivity contribution in [3.63, 3.8) is 0 Å². The van der Waals surface area contributed by atoms with Crippen molar-refractivity contribution < 1.29 is 13.2 Å². The average Bonchev–Trinajstić information content (AvgIpc) is 3.26. The summed E-state index contributed by atoms with van der Waals surface area (Å²) in [6, 6.07) is 4.96. The molecule has 1 saturated heterocycles. The van der Waals surface area contributed by atoms with E-state index in [0.717, 1.165) is 25.1 Å². The maximum atomic E-state index is 13.0. The largest absolute Gasteiger partial charge is 0.416 e. The topological polar surface area (TPSA) is 86.3 Å². The lowest BCUT2D eigenvalue weighted by Gasteiger charge is -2.24. The zero-order valence-corrected chi connectivity index (χ0v) is 17.9. The van der Waals surface area contributed by atoms with Crippen molar-refractivity contribution >= 4 is 33.6 Å². The fourth-order valence-electron chi connectivity index (χ4n) is 3.34. The Morgan fingerprint density at radius 3 is 2.90 bits per heavy atom. The minimum absolute atomic E-state index is 0.00371. The SMILES string of the molecule is CN1N=C(SCc2ccc(C(F)(F)F)cc2C#N)Sc2c1cnn(C1CCNC1)c2=O. The third-order valence-electron chi connectivity index (χ3n) is 5.00. The van der Waals surface area contributed by atoms with Gasteiger partial charge in [0.15, 0.2) is 4.38 Å². The van der Waals surface area contributed by atoms with Crippen LogP contribution in [0.4, 0.5) is 18.9 Å². The summed E-state index contributed by atoms with van der Waals surface area (Å²) in [5.74, 6) is 0.252. The van der Waals surface area contributed by atoms with Crippen molar-refractivity contribution in [3.8, 4) is 6.07 Å². The fraction of sp³-hybridized carbons (Fsp3) is 0.368. The number of anilines is 1. The summed E-state index contributed by atoms with van der Waals surface area (Å²) in [5.41, 5.74) is 0.00147. The Labute approximate surface area is 184 Å². The second-order valence-corrected chi connectivity index (χ2v) is 9.24. The maximum Gasteiger partial charge on any atom is 0.416 e. The van der Waals surface area contributed by atoms with Crippen LogP contribution in [0.2, 0.25) is 0 Å². The molecule has 0 amide bonds. The minimum Gasteiger partial charge on any atom is -0.315 e. The smallest absolute Gasteiger partial charge is 0.315 e. The number of benzene rings is 1. The first kappa shape index (κ1) is 21.7. The highest BCUT2D eigenvalue weighted by atomic mass is 32.2. The van der Waals surface area contributed by atoms with Gasteiger partial charge in [0.1, 0.15) is 4.90 Å². The Kier molecular flexibility index (Phi) is 6.00. The van der Waals surface area contributed by atoms with E-state index in [2.05, 4.69) is 15.5 Å². The van der Waals surface area contributed by atoms with E-state index in [0.29, 0.717) is 27.1 Å². The number of nitrogens with zero attached hydrogens (tertiary/aromatic N) is 5. The molecule has 1 N–H and O–H groups in total. The Bertz CT molecular complexity index is 1130. The van der Waals surface area contributed by atoms with Gasteiger partial charge in [0.05, 0.1) is 35.1 Å². The monoisotopic (exact) mass is 466 g/mol. The van der Waals surface area contributed by atoms with Gasteiger partial charge in [0.2, 0.25) is 0 Å². The standard InChI is InChI=1S/C19H17F3N6OS2/c1-27-15-9-25-28(14-4-5-24-8-14)17(29)16(15)31-18(26-27)30-10-11-2-3-13(19(20,21)22)6-12(11)7-23/h2-3,6,9,14,24H,4-5,8,10H2,1H3. The first-order valence-corrected chi connectivity index (χ1v) is 11.1. The summed E-state index contributed by atoms with van der Waals surface area (Å²) < 4.78 is 40.8. The number of rotatable bonds is 3. The van der Waals surface area contributed by atoms with Gasteiger partial charge in [-0.1, -0.05) is 29.6 Å². The van der Waals surface area contributed by atoms with Gasteiger partial charge in [-0.2, -0.15) is 28.6 Å². The van der Waals surface area contributed by atoms with Crippen LogP contribution < -0.4 is 15.9 Å². The predicted octanol–water partition coefficient (Wildman–Crippen LogP) is 3.41. The third kappa shape index (κ3) is 4.44. The van der Waals surface area contributed by atoms with E-state index in [-0.39, 0.29) is 22.9 Å². The lowest BCUT2D eigenvalue weighted by molar-refractivity contribution is -0.137. The molecule has 1 aromatic heterocycles. The van der Waals surface area contributed by atoms with Crippen molar-refractivity contribution in [1.82, 2.24) is 15.1 Å². The van der Waals surface area contributed by atoms with Crippen LogP contribution in [-0.2, 0) is 11.9 Å². The summed E-state index contributed by atoms with van der Waals surface area (Å²) in [6.07, 6.45) is -2.06. The molecule has 1 atom stereocenters. The quantitative estimate of drug-likeness (QED) is 0.742. The fourth-order valence-corrected chi connectivity index (χ4v) is 5.52. The van der Waals surface area contributed by atoms with Gasteiger partial charge in [-0.05, 0) is 30.7 Å². The van der Waals surface area contributed by atoms with Gasteiger partial charge in [0.25, 0.3) is 5.56 Å². The number of alkyl halides is 3. The molecular weight excluding hydrogens is 449 g/mol. The summed E-state index contributed by atoms with van der Waals surface area (Å²) in [7, 11) is 1.71. The van der Waals surface area contributed by atoms with Gasteiger partial charge < -0.3 is 5.32 Å². The predicted molar refractivity (Wildman–Crippen MR) is 114 cm³/mol. The summed E-state index contributed by atoms with van der Waals surface area (Å²) in [4.78, 5) is 13.5. The number of hydrazone groups is 1. The molecule has 2 aromatic rings. The summed E-state index contributed by atoms with van der Waals surface area (Å²) in [5, 5.41) is 22.8. The van der Waals surface area contributed by atoms with E-state index >= 15 is 0 Å². The Morgan fingerprint density at radius 2 is 2.23 bits per heavy atom. The van der Waals surface area contributed by atoms with E-state index in [1.54, 1.807) is 18.3 Å². The highest BCUT2D eigenvalue weighted by Gasteiger charge is 2.31. The average molecular weight is 467 g/mol. The molecule has 0 bridgehead atoms. The van der Waals surface area contributed by atoms with Crippen LogP contribution in [0.15, 0.2) is 39.2 Å². The first-order chi connectivity index (χ1) is 14.8. The number of hydrogen-bond donors (Lipinski definition) is 1. The lowest BCUT2D eigenvalue weighted by Crippen LogP contribution is -2.32. The van der Waals surface area contributed by atoms with Crippen LogP contribution in [0.1, 0.15) is 29.2 Å². The number of nitriles is 1. The summed E-state index contributed by atoms with van der Waals surface area (Å²) in [6.45, 7) is 1.52.